The first kappa shape index (κ1) is 19.7. The van der Waals surface area contributed by atoms with E-state index in [1.807, 2.05) is 0 Å². The van der Waals surface area contributed by atoms with E-state index in [2.05, 4.69) is 9.88 Å². The maximum absolute atomic E-state index is 12.4. The number of primary sulfonamides is 1. The van der Waals surface area contributed by atoms with Gasteiger partial charge in [-0.05, 0) is 43.2 Å². The normalized spacial score (nSPS) is 12.4. The van der Waals surface area contributed by atoms with Gasteiger partial charge in [0.25, 0.3) is 0 Å². The number of aromatic nitrogens is 1. The van der Waals surface area contributed by atoms with E-state index in [0.717, 1.165) is 22.6 Å². The number of benzene rings is 1. The highest BCUT2D eigenvalue weighted by Gasteiger charge is 2.18. The third-order valence-corrected chi connectivity index (χ3v) is 7.66. The van der Waals surface area contributed by atoms with Crippen LogP contribution in [0, 0.1) is 6.92 Å². The molecule has 3 N–H and O–H groups in total. The zero-order chi connectivity index (χ0) is 19.7. The van der Waals surface area contributed by atoms with E-state index in [9.17, 15) is 16.8 Å². The van der Waals surface area contributed by atoms with Crippen molar-refractivity contribution in [3.05, 3.63) is 53.7 Å². The molecule has 0 radical (unpaired) electrons. The lowest BCUT2D eigenvalue weighted by Gasteiger charge is -2.05. The Morgan fingerprint density at radius 1 is 1.11 bits per heavy atom. The first-order chi connectivity index (χ1) is 12.6. The van der Waals surface area contributed by atoms with Crippen molar-refractivity contribution in [1.82, 2.24) is 9.88 Å². The standard InChI is InChI=1S/C16H17N3O5S3/c1-11-10-14(24-19-11)15-6-7-16(25-15)27(22,23)18-9-8-12-2-4-13(5-3-12)26(17,20)21/h2-7,10,18H,8-9H2,1H3,(H2,17,20,21). The van der Waals surface area contributed by atoms with E-state index in [4.69, 9.17) is 9.66 Å². The predicted molar refractivity (Wildman–Crippen MR) is 101 cm³/mol. The van der Waals surface area contributed by atoms with Crippen LogP contribution in [0.5, 0.6) is 0 Å². The molecule has 0 aliphatic heterocycles. The topological polar surface area (TPSA) is 132 Å². The average Bonchev–Trinajstić information content (AvgIpc) is 3.23. The summed E-state index contributed by atoms with van der Waals surface area (Å²) in [6, 6.07) is 10.9. The number of rotatable bonds is 7. The molecule has 0 saturated heterocycles. The monoisotopic (exact) mass is 427 g/mol. The summed E-state index contributed by atoms with van der Waals surface area (Å²) in [6.07, 6.45) is 0.406. The minimum Gasteiger partial charge on any atom is -0.355 e. The fourth-order valence-electron chi connectivity index (χ4n) is 2.32. The number of aryl methyl sites for hydroxylation is 1. The maximum Gasteiger partial charge on any atom is 0.250 e. The number of thiophene rings is 1. The van der Waals surface area contributed by atoms with Crippen molar-refractivity contribution in [1.29, 1.82) is 0 Å². The first-order valence-electron chi connectivity index (χ1n) is 7.80. The first-order valence-corrected chi connectivity index (χ1v) is 11.6. The van der Waals surface area contributed by atoms with Crippen molar-refractivity contribution in [2.75, 3.05) is 6.54 Å². The number of nitrogens with two attached hydrogens (primary N) is 1. The fourth-order valence-corrected chi connectivity index (χ4v) is 5.17. The molecular formula is C16H17N3O5S3. The van der Waals surface area contributed by atoms with Gasteiger partial charge < -0.3 is 4.52 Å². The van der Waals surface area contributed by atoms with Gasteiger partial charge in [0, 0.05) is 12.6 Å². The summed E-state index contributed by atoms with van der Waals surface area (Å²) in [5.41, 5.74) is 1.50. The summed E-state index contributed by atoms with van der Waals surface area (Å²) in [7, 11) is -7.39. The molecule has 0 unspecified atom stereocenters. The van der Waals surface area contributed by atoms with Gasteiger partial charge in [-0.3, -0.25) is 0 Å². The van der Waals surface area contributed by atoms with Crippen molar-refractivity contribution in [2.24, 2.45) is 5.14 Å². The van der Waals surface area contributed by atoms with Crippen molar-refractivity contribution >= 4 is 31.4 Å². The van der Waals surface area contributed by atoms with Gasteiger partial charge in [-0.1, -0.05) is 17.3 Å². The van der Waals surface area contributed by atoms with Gasteiger partial charge in [-0.15, -0.1) is 11.3 Å². The van der Waals surface area contributed by atoms with Crippen molar-refractivity contribution < 1.29 is 21.4 Å². The summed E-state index contributed by atoms with van der Waals surface area (Å²) in [5.74, 6) is 0.522. The molecule has 0 spiro atoms. The number of nitrogens with zero attached hydrogens (tertiary/aromatic N) is 1. The predicted octanol–water partition coefficient (Wildman–Crippen LogP) is 1.88. The highest BCUT2D eigenvalue weighted by molar-refractivity contribution is 7.91. The lowest BCUT2D eigenvalue weighted by Crippen LogP contribution is -2.25. The summed E-state index contributed by atoms with van der Waals surface area (Å²) in [5, 5.41) is 8.83. The second kappa shape index (κ2) is 7.52. The Balaban J connectivity index is 1.63. The van der Waals surface area contributed by atoms with Crippen LogP contribution in [0.2, 0.25) is 0 Å². The lowest BCUT2D eigenvalue weighted by atomic mass is 10.2. The molecule has 144 valence electrons. The molecule has 2 aromatic heterocycles. The Bertz CT molecular complexity index is 1150. The van der Waals surface area contributed by atoms with Gasteiger partial charge in [0.1, 0.15) is 4.21 Å². The van der Waals surface area contributed by atoms with Gasteiger partial charge in [-0.25, -0.2) is 26.7 Å². The van der Waals surface area contributed by atoms with Crippen LogP contribution in [-0.2, 0) is 26.5 Å². The number of nitrogens with one attached hydrogen (secondary N) is 1. The zero-order valence-electron chi connectivity index (χ0n) is 14.2. The van der Waals surface area contributed by atoms with Gasteiger partial charge in [0.15, 0.2) is 5.76 Å². The molecule has 2 heterocycles. The van der Waals surface area contributed by atoms with Gasteiger partial charge in [0.05, 0.1) is 15.5 Å². The van der Waals surface area contributed by atoms with E-state index in [1.54, 1.807) is 31.2 Å². The SMILES string of the molecule is Cc1cc(-c2ccc(S(=O)(=O)NCCc3ccc(S(N)(=O)=O)cc3)s2)on1. The molecule has 0 bridgehead atoms. The zero-order valence-corrected chi connectivity index (χ0v) is 16.7. The second-order valence-corrected chi connectivity index (χ2v) is 10.4. The highest BCUT2D eigenvalue weighted by atomic mass is 32.2. The van der Waals surface area contributed by atoms with E-state index in [-0.39, 0.29) is 15.6 Å². The molecule has 3 aromatic rings. The Morgan fingerprint density at radius 2 is 1.81 bits per heavy atom. The smallest absolute Gasteiger partial charge is 0.250 e. The van der Waals surface area contributed by atoms with Crippen LogP contribution in [0.15, 0.2) is 56.1 Å². The molecule has 27 heavy (non-hydrogen) atoms. The minimum atomic E-state index is -3.74. The number of hydrogen-bond donors (Lipinski definition) is 2. The molecule has 0 atom stereocenters. The molecular weight excluding hydrogens is 410 g/mol. The molecule has 0 amide bonds. The molecule has 0 fully saturated rings. The fraction of sp³-hybridized carbons (Fsp3) is 0.188. The third-order valence-electron chi connectivity index (χ3n) is 3.67. The molecule has 0 saturated carbocycles. The van der Waals surface area contributed by atoms with Crippen LogP contribution in [0.4, 0.5) is 0 Å². The number of sulfonamides is 2. The summed E-state index contributed by atoms with van der Waals surface area (Å²) >= 11 is 1.09. The van der Waals surface area contributed by atoms with Crippen LogP contribution in [0.25, 0.3) is 10.6 Å². The highest BCUT2D eigenvalue weighted by Crippen LogP contribution is 2.30. The Hall–Kier alpha value is -2.05. The van der Waals surface area contributed by atoms with E-state index in [0.29, 0.717) is 17.1 Å². The molecule has 8 nitrogen and oxygen atoms in total. The summed E-state index contributed by atoms with van der Waals surface area (Å²) in [6.45, 7) is 1.96. The maximum atomic E-state index is 12.4. The van der Waals surface area contributed by atoms with Gasteiger partial charge in [0.2, 0.25) is 20.0 Å². The van der Waals surface area contributed by atoms with Gasteiger partial charge in [-0.2, -0.15) is 0 Å². The lowest BCUT2D eigenvalue weighted by molar-refractivity contribution is 0.428. The minimum absolute atomic E-state index is 0.0144. The van der Waals surface area contributed by atoms with Crippen LogP contribution < -0.4 is 9.86 Å². The molecule has 0 aliphatic rings. The summed E-state index contributed by atoms with van der Waals surface area (Å²) < 4.78 is 55.1. The van der Waals surface area contributed by atoms with Crippen LogP contribution in [0.3, 0.4) is 0 Å². The molecule has 0 aliphatic carbocycles. The van der Waals surface area contributed by atoms with Crippen LogP contribution >= 0.6 is 11.3 Å². The molecule has 11 heteroatoms. The van der Waals surface area contributed by atoms with E-state index in [1.165, 1.54) is 18.2 Å². The van der Waals surface area contributed by atoms with E-state index >= 15 is 0 Å². The Labute approximate surface area is 161 Å². The average molecular weight is 428 g/mol. The van der Waals surface area contributed by atoms with E-state index < -0.39 is 20.0 Å². The van der Waals surface area contributed by atoms with Crippen molar-refractivity contribution in [3.63, 3.8) is 0 Å². The second-order valence-electron chi connectivity index (χ2n) is 5.79. The third kappa shape index (κ3) is 4.82. The molecule has 3 rings (SSSR count). The van der Waals surface area contributed by atoms with Crippen LogP contribution in [-0.4, -0.2) is 28.5 Å². The van der Waals surface area contributed by atoms with Gasteiger partial charge >= 0.3 is 0 Å². The largest absolute Gasteiger partial charge is 0.355 e. The summed E-state index contributed by atoms with van der Waals surface area (Å²) in [4.78, 5) is 0.690. The Morgan fingerprint density at radius 3 is 2.41 bits per heavy atom. The quantitative estimate of drug-likeness (QED) is 0.592. The van der Waals surface area contributed by atoms with Crippen molar-refractivity contribution in [2.45, 2.75) is 22.4 Å². The Kier molecular flexibility index (Phi) is 5.49. The molecule has 1 aromatic carbocycles. The van der Waals surface area contributed by atoms with Crippen molar-refractivity contribution in [3.8, 4) is 10.6 Å². The number of hydrogen-bond acceptors (Lipinski definition) is 7. The van der Waals surface area contributed by atoms with Crippen LogP contribution in [0.1, 0.15) is 11.3 Å².